The first kappa shape index (κ1) is 11.4. The second kappa shape index (κ2) is 3.92. The first-order valence-electron chi connectivity index (χ1n) is 6.21. The summed E-state index contributed by atoms with van der Waals surface area (Å²) in [6, 6.07) is 13.5. The van der Waals surface area contributed by atoms with Crippen LogP contribution < -0.4 is 5.73 Å². The molecule has 0 saturated heterocycles. The molecular formula is C16H16FN. The summed E-state index contributed by atoms with van der Waals surface area (Å²) in [6.07, 6.45) is 1.66. The van der Waals surface area contributed by atoms with Crippen LogP contribution in [0.4, 0.5) is 4.39 Å². The van der Waals surface area contributed by atoms with Crippen molar-refractivity contribution in [3.8, 4) is 0 Å². The van der Waals surface area contributed by atoms with Gasteiger partial charge < -0.3 is 5.73 Å². The second-order valence-electron chi connectivity index (χ2n) is 5.24. The topological polar surface area (TPSA) is 26.0 Å². The van der Waals surface area contributed by atoms with Crippen LogP contribution >= 0.6 is 0 Å². The largest absolute Gasteiger partial charge is 0.321 e. The highest BCUT2D eigenvalue weighted by atomic mass is 19.1. The lowest BCUT2D eigenvalue weighted by Gasteiger charge is -2.24. The van der Waals surface area contributed by atoms with E-state index in [-0.39, 0.29) is 11.4 Å². The lowest BCUT2D eigenvalue weighted by atomic mass is 9.87. The van der Waals surface area contributed by atoms with Gasteiger partial charge in [-0.1, -0.05) is 36.4 Å². The van der Waals surface area contributed by atoms with Gasteiger partial charge in [-0.25, -0.2) is 4.39 Å². The molecule has 92 valence electrons. The van der Waals surface area contributed by atoms with Crippen molar-refractivity contribution in [2.24, 2.45) is 5.73 Å². The van der Waals surface area contributed by atoms with Gasteiger partial charge in [-0.3, -0.25) is 0 Å². The van der Waals surface area contributed by atoms with Crippen molar-refractivity contribution in [2.45, 2.75) is 25.3 Å². The average Bonchev–Trinajstić information content (AvgIpc) is 2.70. The Kier molecular flexibility index (Phi) is 2.49. The van der Waals surface area contributed by atoms with E-state index >= 15 is 0 Å². The minimum absolute atomic E-state index is 0.169. The van der Waals surface area contributed by atoms with Crippen LogP contribution in [0.3, 0.4) is 0 Å². The molecule has 1 aliphatic carbocycles. The molecule has 0 unspecified atom stereocenters. The third-order valence-corrected chi connectivity index (χ3v) is 3.86. The number of nitrogens with two attached hydrogens (primary N) is 1. The Morgan fingerprint density at radius 2 is 1.67 bits per heavy atom. The molecule has 0 bridgehead atoms. The molecule has 3 rings (SSSR count). The third kappa shape index (κ3) is 1.73. The van der Waals surface area contributed by atoms with Crippen LogP contribution in [0.2, 0.25) is 0 Å². The highest BCUT2D eigenvalue weighted by Crippen LogP contribution is 2.36. The van der Waals surface area contributed by atoms with Crippen molar-refractivity contribution in [1.29, 1.82) is 0 Å². The Morgan fingerprint density at radius 3 is 2.22 bits per heavy atom. The molecule has 1 aliphatic rings. The van der Waals surface area contributed by atoms with Gasteiger partial charge >= 0.3 is 0 Å². The number of fused-ring (bicyclic) bond motifs is 1. The van der Waals surface area contributed by atoms with E-state index in [1.165, 1.54) is 17.2 Å². The molecule has 0 aromatic heterocycles. The van der Waals surface area contributed by atoms with Gasteiger partial charge in [0.2, 0.25) is 0 Å². The fraction of sp³-hybridized carbons (Fsp3) is 0.250. The Bertz CT molecular complexity index is 579. The number of hydrogen-bond donors (Lipinski definition) is 1. The molecule has 2 heteroatoms. The fourth-order valence-corrected chi connectivity index (χ4v) is 2.80. The lowest BCUT2D eigenvalue weighted by Crippen LogP contribution is -2.37. The van der Waals surface area contributed by atoms with Gasteiger partial charge in [0.15, 0.2) is 0 Å². The summed E-state index contributed by atoms with van der Waals surface area (Å²) in [5, 5.41) is 0. The van der Waals surface area contributed by atoms with Crippen LogP contribution in [-0.2, 0) is 18.4 Å². The van der Waals surface area contributed by atoms with Crippen LogP contribution in [0, 0.1) is 12.7 Å². The molecule has 18 heavy (non-hydrogen) atoms. The first-order valence-corrected chi connectivity index (χ1v) is 6.21. The molecule has 0 atom stereocenters. The molecule has 0 fully saturated rings. The summed E-state index contributed by atoms with van der Waals surface area (Å²) in [5.41, 5.74) is 10.4. The molecule has 2 N–H and O–H groups in total. The van der Waals surface area contributed by atoms with Crippen molar-refractivity contribution in [3.05, 3.63) is 70.5 Å². The van der Waals surface area contributed by atoms with Crippen LogP contribution in [0.25, 0.3) is 0 Å². The zero-order valence-electron chi connectivity index (χ0n) is 10.4. The summed E-state index contributed by atoms with van der Waals surface area (Å²) in [6.45, 7) is 1.78. The molecule has 1 nitrogen and oxygen atoms in total. The van der Waals surface area contributed by atoms with E-state index in [9.17, 15) is 4.39 Å². The predicted molar refractivity (Wildman–Crippen MR) is 70.9 cm³/mol. The summed E-state index contributed by atoms with van der Waals surface area (Å²) in [7, 11) is 0. The highest BCUT2D eigenvalue weighted by molar-refractivity contribution is 5.42. The van der Waals surface area contributed by atoms with Gasteiger partial charge in [-0.05, 0) is 48.1 Å². The SMILES string of the molecule is Cc1cc(C2(N)Cc3ccccc3C2)ccc1F. The Morgan fingerprint density at radius 1 is 1.06 bits per heavy atom. The molecule has 0 radical (unpaired) electrons. The minimum atomic E-state index is -0.387. The number of rotatable bonds is 1. The molecule has 0 amide bonds. The molecular weight excluding hydrogens is 225 g/mol. The number of hydrogen-bond acceptors (Lipinski definition) is 1. The van der Waals surface area contributed by atoms with Gasteiger partial charge in [-0.15, -0.1) is 0 Å². The maximum Gasteiger partial charge on any atom is 0.126 e. The molecule has 2 aromatic rings. The summed E-state index contributed by atoms with van der Waals surface area (Å²) in [4.78, 5) is 0. The summed E-state index contributed by atoms with van der Waals surface area (Å²) >= 11 is 0. The Balaban J connectivity index is 2.01. The van der Waals surface area contributed by atoms with Crippen LogP contribution in [0.1, 0.15) is 22.3 Å². The van der Waals surface area contributed by atoms with E-state index in [0.29, 0.717) is 5.56 Å². The van der Waals surface area contributed by atoms with Gasteiger partial charge in [-0.2, -0.15) is 0 Å². The van der Waals surface area contributed by atoms with Crippen molar-refractivity contribution >= 4 is 0 Å². The average molecular weight is 241 g/mol. The number of aryl methyl sites for hydroxylation is 1. The molecule has 0 saturated carbocycles. The van der Waals surface area contributed by atoms with E-state index in [1.54, 1.807) is 6.92 Å². The highest BCUT2D eigenvalue weighted by Gasteiger charge is 2.34. The van der Waals surface area contributed by atoms with E-state index in [4.69, 9.17) is 5.73 Å². The van der Waals surface area contributed by atoms with Crippen LogP contribution in [-0.4, -0.2) is 0 Å². The van der Waals surface area contributed by atoms with E-state index in [2.05, 4.69) is 12.1 Å². The van der Waals surface area contributed by atoms with E-state index in [1.807, 2.05) is 24.3 Å². The van der Waals surface area contributed by atoms with Gasteiger partial charge in [0.1, 0.15) is 5.82 Å². The fourth-order valence-electron chi connectivity index (χ4n) is 2.80. The van der Waals surface area contributed by atoms with E-state index in [0.717, 1.165) is 18.4 Å². The molecule has 0 aliphatic heterocycles. The minimum Gasteiger partial charge on any atom is -0.321 e. The summed E-state index contributed by atoms with van der Waals surface area (Å²) < 4.78 is 13.3. The Hall–Kier alpha value is -1.67. The zero-order chi connectivity index (χ0) is 12.8. The second-order valence-corrected chi connectivity index (χ2v) is 5.24. The number of benzene rings is 2. The molecule has 0 heterocycles. The molecule has 0 spiro atoms. The smallest absolute Gasteiger partial charge is 0.126 e. The lowest BCUT2D eigenvalue weighted by molar-refractivity contribution is 0.471. The van der Waals surface area contributed by atoms with Crippen LogP contribution in [0.5, 0.6) is 0 Å². The van der Waals surface area contributed by atoms with Crippen molar-refractivity contribution in [2.75, 3.05) is 0 Å². The quantitative estimate of drug-likeness (QED) is 0.815. The van der Waals surface area contributed by atoms with Crippen LogP contribution in [0.15, 0.2) is 42.5 Å². The standard InChI is InChI=1S/C16H16FN/c1-11-8-14(6-7-15(11)17)16(18)9-12-4-2-3-5-13(12)10-16/h2-8H,9-10,18H2,1H3. The first-order chi connectivity index (χ1) is 8.58. The number of halogens is 1. The van der Waals surface area contributed by atoms with Crippen molar-refractivity contribution < 1.29 is 4.39 Å². The van der Waals surface area contributed by atoms with Gasteiger partial charge in [0.25, 0.3) is 0 Å². The summed E-state index contributed by atoms with van der Waals surface area (Å²) in [5.74, 6) is -0.169. The third-order valence-electron chi connectivity index (χ3n) is 3.86. The maximum absolute atomic E-state index is 13.3. The zero-order valence-corrected chi connectivity index (χ0v) is 10.4. The van der Waals surface area contributed by atoms with Gasteiger partial charge in [0.05, 0.1) is 0 Å². The van der Waals surface area contributed by atoms with Crippen molar-refractivity contribution in [1.82, 2.24) is 0 Å². The normalized spacial score (nSPS) is 16.6. The maximum atomic E-state index is 13.3. The molecule has 2 aromatic carbocycles. The van der Waals surface area contributed by atoms with E-state index < -0.39 is 0 Å². The predicted octanol–water partition coefficient (Wildman–Crippen LogP) is 3.09. The van der Waals surface area contributed by atoms with Crippen molar-refractivity contribution in [3.63, 3.8) is 0 Å². The van der Waals surface area contributed by atoms with Gasteiger partial charge in [0, 0.05) is 5.54 Å². The Labute approximate surface area is 106 Å². The monoisotopic (exact) mass is 241 g/mol.